The van der Waals surface area contributed by atoms with E-state index in [4.69, 9.17) is 4.74 Å². The van der Waals surface area contributed by atoms with Gasteiger partial charge >= 0.3 is 0 Å². The summed E-state index contributed by atoms with van der Waals surface area (Å²) >= 11 is 0. The van der Waals surface area contributed by atoms with Crippen molar-refractivity contribution in [1.29, 1.82) is 0 Å². The van der Waals surface area contributed by atoms with Gasteiger partial charge in [0.15, 0.2) is 0 Å². The summed E-state index contributed by atoms with van der Waals surface area (Å²) in [7, 11) is 1.62. The lowest BCUT2D eigenvalue weighted by atomic mass is 10.0. The zero-order chi connectivity index (χ0) is 16.1. The van der Waals surface area contributed by atoms with Crippen molar-refractivity contribution in [3.8, 4) is 5.75 Å². The van der Waals surface area contributed by atoms with E-state index < -0.39 is 0 Å². The van der Waals surface area contributed by atoms with Gasteiger partial charge in [0.25, 0.3) is 5.91 Å². The Balaban J connectivity index is 2.30. The number of carbonyl (C=O) groups is 1. The van der Waals surface area contributed by atoms with Crippen molar-refractivity contribution < 1.29 is 9.53 Å². The molecule has 0 aromatic heterocycles. The van der Waals surface area contributed by atoms with Crippen LogP contribution in [0.15, 0.2) is 49.1 Å². The van der Waals surface area contributed by atoms with E-state index in [9.17, 15) is 4.79 Å². The minimum absolute atomic E-state index is 0.120. The van der Waals surface area contributed by atoms with Gasteiger partial charge in [-0.15, -0.1) is 6.58 Å². The summed E-state index contributed by atoms with van der Waals surface area (Å²) in [5.41, 5.74) is 4.53. The highest BCUT2D eigenvalue weighted by atomic mass is 16.5. The Labute approximate surface area is 131 Å². The van der Waals surface area contributed by atoms with Crippen LogP contribution in [0.5, 0.6) is 5.75 Å². The Morgan fingerprint density at radius 3 is 2.50 bits per heavy atom. The SMILES string of the molecule is C=CCc1cc(C(=O)Nc2c(C)cccc2C)ccc1OC. The molecule has 0 bridgehead atoms. The van der Waals surface area contributed by atoms with Crippen molar-refractivity contribution in [3.63, 3.8) is 0 Å². The molecule has 2 aromatic rings. The van der Waals surface area contributed by atoms with Crippen molar-refractivity contribution in [1.82, 2.24) is 0 Å². The molecule has 0 aliphatic heterocycles. The van der Waals surface area contributed by atoms with E-state index in [0.717, 1.165) is 28.1 Å². The molecule has 0 heterocycles. The number of amides is 1. The maximum Gasteiger partial charge on any atom is 0.255 e. The zero-order valence-electron chi connectivity index (χ0n) is 13.3. The average Bonchev–Trinajstić information content (AvgIpc) is 2.51. The molecular weight excluding hydrogens is 274 g/mol. The minimum Gasteiger partial charge on any atom is -0.496 e. The Morgan fingerprint density at radius 1 is 1.23 bits per heavy atom. The zero-order valence-corrected chi connectivity index (χ0v) is 13.3. The number of ether oxygens (including phenoxy) is 1. The van der Waals surface area contributed by atoms with Gasteiger partial charge in [-0.25, -0.2) is 0 Å². The molecule has 1 N–H and O–H groups in total. The first-order chi connectivity index (χ1) is 10.6. The highest BCUT2D eigenvalue weighted by molar-refractivity contribution is 6.05. The van der Waals surface area contributed by atoms with E-state index in [2.05, 4.69) is 11.9 Å². The standard InChI is InChI=1S/C19H21NO2/c1-5-7-15-12-16(10-11-17(15)22-4)19(21)20-18-13(2)8-6-9-14(18)3/h5-6,8-12H,1,7H2,2-4H3,(H,20,21). The Hall–Kier alpha value is -2.55. The lowest BCUT2D eigenvalue weighted by Crippen LogP contribution is -2.14. The van der Waals surface area contributed by atoms with Crippen LogP contribution in [0.1, 0.15) is 27.0 Å². The van der Waals surface area contributed by atoms with E-state index in [1.807, 2.05) is 44.2 Å². The number of aryl methyl sites for hydroxylation is 2. The highest BCUT2D eigenvalue weighted by Crippen LogP contribution is 2.23. The quantitative estimate of drug-likeness (QED) is 0.835. The Morgan fingerprint density at radius 2 is 1.91 bits per heavy atom. The topological polar surface area (TPSA) is 38.3 Å². The second-order valence-electron chi connectivity index (χ2n) is 5.24. The number of para-hydroxylation sites is 1. The summed E-state index contributed by atoms with van der Waals surface area (Å²) < 4.78 is 5.31. The van der Waals surface area contributed by atoms with Crippen molar-refractivity contribution in [2.75, 3.05) is 12.4 Å². The number of carbonyl (C=O) groups excluding carboxylic acids is 1. The molecule has 2 aromatic carbocycles. The van der Waals surface area contributed by atoms with Crippen LogP contribution in [0.2, 0.25) is 0 Å². The first-order valence-electron chi connectivity index (χ1n) is 7.22. The lowest BCUT2D eigenvalue weighted by Gasteiger charge is -2.13. The molecule has 0 aliphatic carbocycles. The molecule has 0 fully saturated rings. The van der Waals surface area contributed by atoms with Crippen molar-refractivity contribution in [2.24, 2.45) is 0 Å². The molecule has 0 saturated carbocycles. The van der Waals surface area contributed by atoms with Gasteiger partial charge in [0.2, 0.25) is 0 Å². The van der Waals surface area contributed by atoms with Crippen LogP contribution < -0.4 is 10.1 Å². The van der Waals surface area contributed by atoms with Crippen LogP contribution in [-0.4, -0.2) is 13.0 Å². The van der Waals surface area contributed by atoms with Gasteiger partial charge in [0, 0.05) is 11.3 Å². The number of benzene rings is 2. The number of hydrogen-bond acceptors (Lipinski definition) is 2. The summed E-state index contributed by atoms with van der Waals surface area (Å²) in [4.78, 5) is 12.5. The fraction of sp³-hybridized carbons (Fsp3) is 0.211. The maximum absolute atomic E-state index is 12.5. The number of methoxy groups -OCH3 is 1. The van der Waals surface area contributed by atoms with Gasteiger partial charge in [-0.2, -0.15) is 0 Å². The van der Waals surface area contributed by atoms with Crippen LogP contribution in [0.25, 0.3) is 0 Å². The lowest BCUT2D eigenvalue weighted by molar-refractivity contribution is 0.102. The molecule has 0 radical (unpaired) electrons. The van der Waals surface area contributed by atoms with Crippen LogP contribution in [-0.2, 0) is 6.42 Å². The normalized spacial score (nSPS) is 10.1. The summed E-state index contributed by atoms with van der Waals surface area (Å²) in [5, 5.41) is 3.00. The number of anilines is 1. The van der Waals surface area contributed by atoms with Gasteiger partial charge < -0.3 is 10.1 Å². The maximum atomic E-state index is 12.5. The smallest absolute Gasteiger partial charge is 0.255 e. The van der Waals surface area contributed by atoms with Gasteiger partial charge in [0.05, 0.1) is 7.11 Å². The van der Waals surface area contributed by atoms with Gasteiger partial charge in [0.1, 0.15) is 5.75 Å². The molecule has 3 heteroatoms. The van der Waals surface area contributed by atoms with E-state index in [0.29, 0.717) is 12.0 Å². The van der Waals surface area contributed by atoms with Crippen LogP contribution in [0.4, 0.5) is 5.69 Å². The van der Waals surface area contributed by atoms with E-state index in [1.165, 1.54) is 0 Å². The van der Waals surface area contributed by atoms with Gasteiger partial charge in [-0.1, -0.05) is 24.3 Å². The first-order valence-corrected chi connectivity index (χ1v) is 7.22. The van der Waals surface area contributed by atoms with Crippen molar-refractivity contribution in [3.05, 3.63) is 71.3 Å². The fourth-order valence-electron chi connectivity index (χ4n) is 2.43. The van der Waals surface area contributed by atoms with Crippen molar-refractivity contribution in [2.45, 2.75) is 20.3 Å². The molecule has 0 atom stereocenters. The Kier molecular flexibility index (Phi) is 4.99. The summed E-state index contributed by atoms with van der Waals surface area (Å²) in [5.74, 6) is 0.647. The Bertz CT molecular complexity index is 684. The van der Waals surface area contributed by atoms with Gasteiger partial charge in [-0.3, -0.25) is 4.79 Å². The summed E-state index contributed by atoms with van der Waals surface area (Å²) in [6.07, 6.45) is 2.46. The summed E-state index contributed by atoms with van der Waals surface area (Å²) in [6, 6.07) is 11.4. The number of hydrogen-bond donors (Lipinski definition) is 1. The second-order valence-corrected chi connectivity index (χ2v) is 5.24. The van der Waals surface area contributed by atoms with Crippen LogP contribution in [0.3, 0.4) is 0 Å². The molecule has 0 saturated heterocycles. The second kappa shape index (κ2) is 6.94. The molecule has 2 rings (SSSR count). The largest absolute Gasteiger partial charge is 0.496 e. The minimum atomic E-state index is -0.120. The third-order valence-electron chi connectivity index (χ3n) is 3.63. The predicted molar refractivity (Wildman–Crippen MR) is 90.8 cm³/mol. The number of nitrogens with one attached hydrogen (secondary N) is 1. The monoisotopic (exact) mass is 295 g/mol. The highest BCUT2D eigenvalue weighted by Gasteiger charge is 2.12. The molecule has 0 spiro atoms. The van der Waals surface area contributed by atoms with Crippen LogP contribution >= 0.6 is 0 Å². The van der Waals surface area contributed by atoms with E-state index in [-0.39, 0.29) is 5.91 Å². The average molecular weight is 295 g/mol. The fourth-order valence-corrected chi connectivity index (χ4v) is 2.43. The third kappa shape index (κ3) is 3.37. The van der Waals surface area contributed by atoms with Crippen molar-refractivity contribution >= 4 is 11.6 Å². The van der Waals surface area contributed by atoms with Crippen LogP contribution in [0, 0.1) is 13.8 Å². The first kappa shape index (κ1) is 15.8. The molecule has 22 heavy (non-hydrogen) atoms. The molecule has 3 nitrogen and oxygen atoms in total. The summed E-state index contributed by atoms with van der Waals surface area (Å²) in [6.45, 7) is 7.71. The molecule has 1 amide bonds. The van der Waals surface area contributed by atoms with E-state index >= 15 is 0 Å². The van der Waals surface area contributed by atoms with E-state index in [1.54, 1.807) is 19.3 Å². The molecular formula is C19H21NO2. The predicted octanol–water partition coefficient (Wildman–Crippen LogP) is 4.29. The molecule has 0 unspecified atom stereocenters. The molecule has 114 valence electrons. The number of allylic oxidation sites excluding steroid dienone is 1. The molecule has 0 aliphatic rings. The third-order valence-corrected chi connectivity index (χ3v) is 3.63. The number of rotatable bonds is 5. The van der Waals surface area contributed by atoms with Gasteiger partial charge in [-0.05, 0) is 55.2 Å².